The quantitative estimate of drug-likeness (QED) is 0.174. The number of fused-ring (bicyclic) bond motifs is 12. The van der Waals surface area contributed by atoms with Gasteiger partial charge in [0, 0.05) is 61.5 Å². The normalized spacial score (nSPS) is 15.0. The number of hydrogen-bond acceptors (Lipinski definition) is 6. The lowest BCUT2D eigenvalue weighted by Gasteiger charge is -2.43. The SMILES string of the molecule is Cc1ccc(Nc2ccc3oc4ccccc4c3c2-c2cc3c(oc4ccccc43)c3c2Bc2cc4c(cc2N3c2cc3c(cc2C)C(C)(C)CCC3(C)C)Oc2ccccc2O4)c(-c2ccccc2)c1. The molecule has 0 radical (unpaired) electrons. The van der Waals surface area contributed by atoms with E-state index >= 15 is 0 Å². The van der Waals surface area contributed by atoms with Crippen LogP contribution in [-0.2, 0) is 10.8 Å². The fraction of sp³-hybridized carbons (Fsp3) is 0.156. The second kappa shape index (κ2) is 15.2. The summed E-state index contributed by atoms with van der Waals surface area (Å²) in [5.41, 5.74) is 20.4. The number of nitrogens with zero attached hydrogens (tertiary/aromatic N) is 1. The molecule has 0 bridgehead atoms. The molecule has 2 aromatic heterocycles. The van der Waals surface area contributed by atoms with Gasteiger partial charge in [-0.15, -0.1) is 0 Å². The summed E-state index contributed by atoms with van der Waals surface area (Å²) in [5, 5.41) is 8.27. The van der Waals surface area contributed by atoms with E-state index in [0.717, 1.165) is 118 Å². The maximum Gasteiger partial charge on any atom is 0.198 e. The summed E-state index contributed by atoms with van der Waals surface area (Å²) in [6.07, 6.45) is 2.24. The minimum Gasteiger partial charge on any atom is -0.456 e. The first-order valence-corrected chi connectivity index (χ1v) is 24.9. The molecule has 0 atom stereocenters. The van der Waals surface area contributed by atoms with E-state index in [1.807, 2.05) is 24.3 Å². The molecule has 0 unspecified atom stereocenters. The standard InChI is InChI=1S/C64H51BN2O4/c1-36-24-25-47(41(30-36)38-16-8-7-9-17-38)66-48-26-27-55-59(40-19-11-13-21-52(40)68-55)58(48)43-32-42-39-18-10-12-20-51(39)71-62(42)61-60(43)65-46-34-56-57(70-54-23-15-14-22-53(54)69-56)35-50(46)67(61)49-33-45-44(31-37(49)2)63(3,4)28-29-64(45,5)6/h7-27,30-35,65-66H,28-29H2,1-6H3. The third kappa shape index (κ3) is 6.41. The van der Waals surface area contributed by atoms with Crippen molar-refractivity contribution in [2.75, 3.05) is 10.2 Å². The fourth-order valence-electron chi connectivity index (χ4n) is 12.0. The van der Waals surface area contributed by atoms with Crippen molar-refractivity contribution in [3.05, 3.63) is 186 Å². The van der Waals surface area contributed by atoms with Crippen LogP contribution in [0.3, 0.4) is 0 Å². The molecule has 11 aromatic rings. The van der Waals surface area contributed by atoms with Crippen LogP contribution in [0.4, 0.5) is 28.4 Å². The Hall–Kier alpha value is -8.16. The van der Waals surface area contributed by atoms with Crippen LogP contribution in [-0.4, -0.2) is 7.28 Å². The Morgan fingerprint density at radius 3 is 1.93 bits per heavy atom. The molecule has 1 N–H and O–H groups in total. The Morgan fingerprint density at radius 1 is 0.521 bits per heavy atom. The van der Waals surface area contributed by atoms with Gasteiger partial charge in [0.05, 0.1) is 5.69 Å². The molecule has 2 aliphatic heterocycles. The predicted octanol–water partition coefficient (Wildman–Crippen LogP) is 16.6. The van der Waals surface area contributed by atoms with Crippen molar-refractivity contribution in [2.24, 2.45) is 0 Å². The van der Waals surface area contributed by atoms with Crippen molar-refractivity contribution in [1.82, 2.24) is 0 Å². The molecule has 0 saturated heterocycles. The Labute approximate surface area is 413 Å². The number of anilines is 5. The van der Waals surface area contributed by atoms with Gasteiger partial charge in [-0.1, -0.05) is 130 Å². The number of furan rings is 2. The highest BCUT2D eigenvalue weighted by Gasteiger charge is 2.40. The lowest BCUT2D eigenvalue weighted by atomic mass is 9.57. The molecule has 7 heteroatoms. The van der Waals surface area contributed by atoms with E-state index in [-0.39, 0.29) is 10.8 Å². The van der Waals surface area contributed by atoms with Gasteiger partial charge < -0.3 is 28.5 Å². The molecule has 14 rings (SSSR count). The molecule has 71 heavy (non-hydrogen) atoms. The zero-order chi connectivity index (χ0) is 47.9. The molecule has 1 aliphatic carbocycles. The number of benzene rings is 9. The smallest absolute Gasteiger partial charge is 0.198 e. The van der Waals surface area contributed by atoms with Crippen molar-refractivity contribution in [2.45, 2.75) is 65.2 Å². The number of rotatable bonds is 5. The second-order valence-corrected chi connectivity index (χ2v) is 21.3. The Morgan fingerprint density at radius 2 is 1.17 bits per heavy atom. The maximum atomic E-state index is 7.21. The second-order valence-electron chi connectivity index (χ2n) is 21.3. The van der Waals surface area contributed by atoms with Crippen LogP contribution in [0, 0.1) is 13.8 Å². The first kappa shape index (κ1) is 41.8. The first-order chi connectivity index (χ1) is 34.5. The predicted molar refractivity (Wildman–Crippen MR) is 294 cm³/mol. The minimum atomic E-state index is -0.0328. The number of para-hydroxylation sites is 4. The zero-order valence-corrected chi connectivity index (χ0v) is 40.8. The zero-order valence-electron chi connectivity index (χ0n) is 40.8. The van der Waals surface area contributed by atoms with Gasteiger partial charge in [0.2, 0.25) is 0 Å². The highest BCUT2D eigenvalue weighted by Crippen LogP contribution is 2.54. The number of nitrogens with one attached hydrogen (secondary N) is 1. The maximum absolute atomic E-state index is 7.21. The summed E-state index contributed by atoms with van der Waals surface area (Å²) in [6.45, 7) is 14.1. The molecule has 6 nitrogen and oxygen atoms in total. The van der Waals surface area contributed by atoms with Gasteiger partial charge in [0.1, 0.15) is 16.7 Å². The van der Waals surface area contributed by atoms with Gasteiger partial charge in [0.25, 0.3) is 0 Å². The van der Waals surface area contributed by atoms with Crippen LogP contribution in [0.2, 0.25) is 0 Å². The summed E-state index contributed by atoms with van der Waals surface area (Å²) in [4.78, 5) is 2.49. The average molecular weight is 923 g/mol. The van der Waals surface area contributed by atoms with E-state index in [1.54, 1.807) is 0 Å². The molecule has 9 aromatic carbocycles. The van der Waals surface area contributed by atoms with Gasteiger partial charge in [-0.3, -0.25) is 0 Å². The van der Waals surface area contributed by atoms with E-state index in [0.29, 0.717) is 30.3 Å². The van der Waals surface area contributed by atoms with E-state index in [1.165, 1.54) is 22.3 Å². The lowest BCUT2D eigenvalue weighted by Crippen LogP contribution is -2.42. The molecular weight excluding hydrogens is 872 g/mol. The molecule has 0 spiro atoms. The Balaban J connectivity index is 1.11. The molecule has 3 aliphatic rings. The molecule has 0 amide bonds. The number of hydrogen-bond donors (Lipinski definition) is 1. The van der Waals surface area contributed by atoms with Crippen molar-refractivity contribution >= 4 is 90.5 Å². The molecule has 0 fully saturated rings. The van der Waals surface area contributed by atoms with Gasteiger partial charge in [0.15, 0.2) is 35.9 Å². The van der Waals surface area contributed by atoms with Crippen LogP contribution in [0.15, 0.2) is 173 Å². The van der Waals surface area contributed by atoms with E-state index in [4.69, 9.17) is 18.3 Å². The van der Waals surface area contributed by atoms with E-state index < -0.39 is 0 Å². The Kier molecular flexibility index (Phi) is 8.93. The summed E-state index contributed by atoms with van der Waals surface area (Å²) >= 11 is 0. The summed E-state index contributed by atoms with van der Waals surface area (Å²) in [6, 6.07) is 58.2. The summed E-state index contributed by atoms with van der Waals surface area (Å²) in [5.74, 6) is 2.77. The van der Waals surface area contributed by atoms with Gasteiger partial charge in [-0.05, 0) is 138 Å². The van der Waals surface area contributed by atoms with Crippen LogP contribution >= 0.6 is 0 Å². The minimum absolute atomic E-state index is 0.0328. The van der Waals surface area contributed by atoms with Crippen molar-refractivity contribution in [3.63, 3.8) is 0 Å². The van der Waals surface area contributed by atoms with Gasteiger partial charge >= 0.3 is 0 Å². The average Bonchev–Trinajstić information content (AvgIpc) is 3.95. The highest BCUT2D eigenvalue weighted by molar-refractivity contribution is 6.74. The molecule has 0 saturated carbocycles. The van der Waals surface area contributed by atoms with Gasteiger partial charge in [-0.25, -0.2) is 0 Å². The van der Waals surface area contributed by atoms with Crippen molar-refractivity contribution in [1.29, 1.82) is 0 Å². The number of aryl methyl sites for hydroxylation is 2. The monoisotopic (exact) mass is 922 g/mol. The van der Waals surface area contributed by atoms with Crippen LogP contribution in [0.5, 0.6) is 23.0 Å². The first-order valence-electron chi connectivity index (χ1n) is 24.9. The molecule has 344 valence electrons. The molecular formula is C64H51BN2O4. The van der Waals surface area contributed by atoms with Crippen LogP contribution < -0.4 is 30.6 Å². The van der Waals surface area contributed by atoms with Crippen molar-refractivity contribution < 1.29 is 18.3 Å². The third-order valence-corrected chi connectivity index (χ3v) is 15.8. The summed E-state index contributed by atoms with van der Waals surface area (Å²) in [7, 11) is 0.593. The van der Waals surface area contributed by atoms with Crippen LogP contribution in [0.25, 0.3) is 66.1 Å². The molecule has 4 heterocycles. The Bertz CT molecular complexity index is 4050. The number of ether oxygens (including phenoxy) is 2. The van der Waals surface area contributed by atoms with E-state index in [9.17, 15) is 0 Å². The van der Waals surface area contributed by atoms with Crippen molar-refractivity contribution in [3.8, 4) is 45.3 Å². The lowest BCUT2D eigenvalue weighted by molar-refractivity contribution is 0.332. The highest BCUT2D eigenvalue weighted by atomic mass is 16.6. The summed E-state index contributed by atoms with van der Waals surface area (Å²) < 4.78 is 27.4. The largest absolute Gasteiger partial charge is 0.456 e. The topological polar surface area (TPSA) is 60.0 Å². The van der Waals surface area contributed by atoms with Crippen LogP contribution in [0.1, 0.15) is 62.8 Å². The third-order valence-electron chi connectivity index (χ3n) is 15.8. The fourth-order valence-corrected chi connectivity index (χ4v) is 12.0. The van der Waals surface area contributed by atoms with Gasteiger partial charge in [-0.2, -0.15) is 0 Å². The van der Waals surface area contributed by atoms with E-state index in [2.05, 4.69) is 191 Å².